The molecule has 3 rings (SSSR count). The molecule has 0 aliphatic carbocycles. The molecule has 5 heteroatoms. The van der Waals surface area contributed by atoms with Gasteiger partial charge < -0.3 is 20.1 Å². The lowest BCUT2D eigenvalue weighted by Gasteiger charge is -2.28. The number of amides is 1. The first-order chi connectivity index (χ1) is 15.4. The zero-order valence-corrected chi connectivity index (χ0v) is 19.6. The van der Waals surface area contributed by atoms with Crippen LogP contribution in [0.1, 0.15) is 45.6 Å². The summed E-state index contributed by atoms with van der Waals surface area (Å²) in [5.74, 6) is 0. The average molecular weight is 437 g/mol. The van der Waals surface area contributed by atoms with Gasteiger partial charge in [-0.15, -0.1) is 0 Å². The van der Waals surface area contributed by atoms with Crippen LogP contribution in [0, 0.1) is 0 Å². The lowest BCUT2D eigenvalue weighted by molar-refractivity contribution is 0.0233. The maximum Gasteiger partial charge on any atom is 0.410 e. The largest absolute Gasteiger partial charge is 0.444 e. The van der Waals surface area contributed by atoms with Crippen molar-refractivity contribution in [3.8, 4) is 0 Å². The van der Waals surface area contributed by atoms with Crippen molar-refractivity contribution in [2.24, 2.45) is 0 Å². The van der Waals surface area contributed by atoms with Crippen molar-refractivity contribution in [3.05, 3.63) is 60.2 Å². The quantitative estimate of drug-likeness (QED) is 0.326. The molecule has 0 unspecified atom stereocenters. The van der Waals surface area contributed by atoms with Crippen LogP contribution in [-0.2, 0) is 11.3 Å². The Morgan fingerprint density at radius 1 is 0.938 bits per heavy atom. The Balaban J connectivity index is 1.83. The van der Waals surface area contributed by atoms with Gasteiger partial charge in [-0.2, -0.15) is 0 Å². The predicted octanol–water partition coefficient (Wildman–Crippen LogP) is 5.48. The molecule has 172 valence electrons. The fourth-order valence-corrected chi connectivity index (χ4v) is 3.91. The van der Waals surface area contributed by atoms with Gasteiger partial charge in [-0.05, 0) is 86.3 Å². The molecule has 5 nitrogen and oxygen atoms in total. The number of rotatable bonds is 10. The Hall–Kier alpha value is -2.63. The lowest BCUT2D eigenvalue weighted by Crippen LogP contribution is -2.38. The summed E-state index contributed by atoms with van der Waals surface area (Å²) in [5.41, 5.74) is 0.610. The SMILES string of the molecule is CC(C)(C)OC(=O)N(CCCNCCCCO)Cc1c2ccccc2cc2ccccc12. The van der Waals surface area contributed by atoms with Crippen molar-refractivity contribution in [3.63, 3.8) is 0 Å². The van der Waals surface area contributed by atoms with Crippen LogP contribution in [0.2, 0.25) is 0 Å². The van der Waals surface area contributed by atoms with Crippen molar-refractivity contribution in [2.45, 2.75) is 52.2 Å². The maximum absolute atomic E-state index is 13.1. The van der Waals surface area contributed by atoms with Gasteiger partial charge in [0, 0.05) is 13.2 Å². The van der Waals surface area contributed by atoms with Gasteiger partial charge in [0.05, 0.1) is 6.54 Å². The molecular formula is C27H36N2O3. The van der Waals surface area contributed by atoms with E-state index in [1.54, 1.807) is 0 Å². The van der Waals surface area contributed by atoms with Gasteiger partial charge >= 0.3 is 6.09 Å². The van der Waals surface area contributed by atoms with Crippen LogP contribution in [0.25, 0.3) is 21.5 Å². The number of nitrogens with one attached hydrogen (secondary N) is 1. The smallest absolute Gasteiger partial charge is 0.410 e. The van der Waals surface area contributed by atoms with Gasteiger partial charge in [0.2, 0.25) is 0 Å². The molecule has 2 N–H and O–H groups in total. The van der Waals surface area contributed by atoms with Crippen molar-refractivity contribution in [1.29, 1.82) is 0 Å². The first-order valence-electron chi connectivity index (χ1n) is 11.6. The Labute approximate surface area is 191 Å². The second-order valence-electron chi connectivity index (χ2n) is 9.23. The van der Waals surface area contributed by atoms with Crippen LogP contribution in [0.4, 0.5) is 4.79 Å². The molecule has 3 aromatic carbocycles. The van der Waals surface area contributed by atoms with E-state index in [2.05, 4.69) is 59.9 Å². The second kappa shape index (κ2) is 11.3. The number of hydrogen-bond donors (Lipinski definition) is 2. The molecule has 0 heterocycles. The summed E-state index contributed by atoms with van der Waals surface area (Å²) in [4.78, 5) is 14.9. The highest BCUT2D eigenvalue weighted by molar-refractivity contribution is 6.02. The average Bonchev–Trinajstić information content (AvgIpc) is 2.76. The number of hydrogen-bond acceptors (Lipinski definition) is 4. The van der Waals surface area contributed by atoms with Crippen LogP contribution in [0.5, 0.6) is 0 Å². The van der Waals surface area contributed by atoms with E-state index < -0.39 is 5.60 Å². The highest BCUT2D eigenvalue weighted by Crippen LogP contribution is 2.30. The van der Waals surface area contributed by atoms with Crippen molar-refractivity contribution >= 4 is 27.6 Å². The van der Waals surface area contributed by atoms with E-state index in [-0.39, 0.29) is 12.7 Å². The normalized spacial score (nSPS) is 11.8. The Bertz CT molecular complexity index is 972. The second-order valence-corrected chi connectivity index (χ2v) is 9.23. The van der Waals surface area contributed by atoms with Gasteiger partial charge in [-0.25, -0.2) is 4.79 Å². The van der Waals surface area contributed by atoms with E-state index in [0.717, 1.165) is 37.9 Å². The molecule has 0 saturated heterocycles. The standard InChI is InChI=1S/C27H36N2O3/c1-27(2,3)32-26(31)29(17-10-16-28-15-8-9-18-30)20-25-23-13-6-4-11-21(23)19-22-12-5-7-14-24(22)25/h4-7,11-14,19,28,30H,8-10,15-18,20H2,1-3H3. The predicted molar refractivity (Wildman–Crippen MR) is 132 cm³/mol. The molecule has 0 radical (unpaired) electrons. The van der Waals surface area contributed by atoms with Crippen LogP contribution in [0.15, 0.2) is 54.6 Å². The highest BCUT2D eigenvalue weighted by Gasteiger charge is 2.23. The molecule has 3 aromatic rings. The zero-order chi connectivity index (χ0) is 23.0. The third kappa shape index (κ3) is 6.68. The van der Waals surface area contributed by atoms with Crippen LogP contribution in [-0.4, -0.2) is 47.9 Å². The molecule has 32 heavy (non-hydrogen) atoms. The number of benzene rings is 3. The fraction of sp³-hybridized carbons (Fsp3) is 0.444. The summed E-state index contributed by atoms with van der Waals surface area (Å²) in [6.07, 6.45) is 2.32. The molecule has 1 amide bonds. The molecule has 0 aliphatic rings. The van der Waals surface area contributed by atoms with Crippen LogP contribution in [0.3, 0.4) is 0 Å². The van der Waals surface area contributed by atoms with E-state index in [9.17, 15) is 4.79 Å². The first kappa shape index (κ1) is 24.0. The summed E-state index contributed by atoms with van der Waals surface area (Å²) in [6.45, 7) is 8.74. The number of carbonyl (C=O) groups is 1. The minimum atomic E-state index is -0.543. The third-order valence-electron chi connectivity index (χ3n) is 5.43. The highest BCUT2D eigenvalue weighted by atomic mass is 16.6. The van der Waals surface area contributed by atoms with Crippen molar-refractivity contribution in [2.75, 3.05) is 26.2 Å². The van der Waals surface area contributed by atoms with Crippen LogP contribution >= 0.6 is 0 Å². The number of aliphatic hydroxyl groups excluding tert-OH is 1. The van der Waals surface area contributed by atoms with E-state index in [1.807, 2.05) is 25.7 Å². The van der Waals surface area contributed by atoms with Crippen LogP contribution < -0.4 is 5.32 Å². The van der Waals surface area contributed by atoms with Gasteiger partial charge in [0.25, 0.3) is 0 Å². The van der Waals surface area contributed by atoms with Crippen molar-refractivity contribution < 1.29 is 14.6 Å². The molecule has 0 spiro atoms. The summed E-state index contributed by atoms with van der Waals surface area (Å²) in [7, 11) is 0. The molecule has 0 aromatic heterocycles. The molecule has 0 saturated carbocycles. The van der Waals surface area contributed by atoms with Gasteiger partial charge in [-0.3, -0.25) is 0 Å². The summed E-state index contributed by atoms with van der Waals surface area (Å²) >= 11 is 0. The summed E-state index contributed by atoms with van der Waals surface area (Å²) < 4.78 is 5.75. The van der Waals surface area contributed by atoms with E-state index in [4.69, 9.17) is 9.84 Å². The van der Waals surface area contributed by atoms with Gasteiger partial charge in [0.1, 0.15) is 5.60 Å². The number of nitrogens with zero attached hydrogens (tertiary/aromatic N) is 1. The molecule has 0 atom stereocenters. The van der Waals surface area contributed by atoms with E-state index >= 15 is 0 Å². The first-order valence-corrected chi connectivity index (χ1v) is 11.6. The number of unbranched alkanes of at least 4 members (excludes halogenated alkanes) is 1. The minimum absolute atomic E-state index is 0.229. The zero-order valence-electron chi connectivity index (χ0n) is 19.6. The number of aliphatic hydroxyl groups is 1. The monoisotopic (exact) mass is 436 g/mol. The van der Waals surface area contributed by atoms with Crippen molar-refractivity contribution in [1.82, 2.24) is 10.2 Å². The molecular weight excluding hydrogens is 400 g/mol. The maximum atomic E-state index is 13.1. The number of carbonyl (C=O) groups excluding carboxylic acids is 1. The molecule has 0 fully saturated rings. The molecule has 0 aliphatic heterocycles. The third-order valence-corrected chi connectivity index (χ3v) is 5.43. The van der Waals surface area contributed by atoms with Gasteiger partial charge in [0.15, 0.2) is 0 Å². The molecule has 0 bridgehead atoms. The Kier molecular flexibility index (Phi) is 8.48. The Morgan fingerprint density at radius 2 is 1.53 bits per heavy atom. The fourth-order valence-electron chi connectivity index (χ4n) is 3.91. The number of ether oxygens (including phenoxy) is 1. The lowest BCUT2D eigenvalue weighted by atomic mass is 9.96. The van der Waals surface area contributed by atoms with E-state index in [1.165, 1.54) is 21.5 Å². The van der Waals surface area contributed by atoms with E-state index in [0.29, 0.717) is 13.1 Å². The topological polar surface area (TPSA) is 61.8 Å². The minimum Gasteiger partial charge on any atom is -0.444 e. The Morgan fingerprint density at radius 3 is 2.12 bits per heavy atom. The summed E-state index contributed by atoms with van der Waals surface area (Å²) in [5, 5.41) is 17.0. The van der Waals surface area contributed by atoms with Gasteiger partial charge in [-0.1, -0.05) is 48.5 Å². The summed E-state index contributed by atoms with van der Waals surface area (Å²) in [6, 6.07) is 18.9. The number of fused-ring (bicyclic) bond motifs is 2.